The Morgan fingerprint density at radius 1 is 1.00 bits per heavy atom. The van der Waals surface area contributed by atoms with Crippen molar-refractivity contribution >= 4 is 7.60 Å². The Labute approximate surface area is 224 Å². The van der Waals surface area contributed by atoms with Crippen LogP contribution < -0.4 is 5.32 Å². The molecule has 204 valence electrons. The van der Waals surface area contributed by atoms with E-state index >= 15 is 0 Å². The molecule has 0 aromatic heterocycles. The van der Waals surface area contributed by atoms with Crippen LogP contribution >= 0.6 is 7.60 Å². The van der Waals surface area contributed by atoms with Crippen molar-refractivity contribution in [3.8, 4) is 0 Å². The van der Waals surface area contributed by atoms with Gasteiger partial charge in [-0.2, -0.15) is 0 Å². The molecule has 0 saturated heterocycles. The molecule has 2 fully saturated rings. The van der Waals surface area contributed by atoms with Crippen LogP contribution in [0.3, 0.4) is 0 Å². The van der Waals surface area contributed by atoms with E-state index in [2.05, 4.69) is 55.6 Å². The van der Waals surface area contributed by atoms with Crippen LogP contribution in [0.15, 0.2) is 53.8 Å². The number of allylic oxidation sites excluding steroid dienone is 4. The average Bonchev–Trinajstić information content (AvgIpc) is 3.21. The van der Waals surface area contributed by atoms with Crippen LogP contribution in [0.2, 0.25) is 0 Å². The molecule has 2 saturated carbocycles. The van der Waals surface area contributed by atoms with Gasteiger partial charge in [-0.05, 0) is 92.8 Å². The standard InChI is InChI=1S/C31H46NO4P/c1-6-35-37(33,36-7-2)31(32-22-23-11-9-8-10-12-23)20-17-28-26-14-13-24-21-25(34-5)15-18-29(24,3)27(26)16-19-30(28,31)4/h8-13,21,26-28,32H,6-7,14-20,22H2,1-5H3/t26-,27+,28+,29+,30+,31?/m1/s1. The summed E-state index contributed by atoms with van der Waals surface area (Å²) in [5.41, 5.74) is 2.69. The van der Waals surface area contributed by atoms with Crippen molar-refractivity contribution in [3.63, 3.8) is 0 Å². The fourth-order valence-electron chi connectivity index (χ4n) is 8.76. The molecule has 37 heavy (non-hydrogen) atoms. The second kappa shape index (κ2) is 10.3. The molecule has 0 bridgehead atoms. The maximum absolute atomic E-state index is 14.8. The summed E-state index contributed by atoms with van der Waals surface area (Å²) in [6.45, 7) is 10.2. The van der Waals surface area contributed by atoms with Crippen molar-refractivity contribution in [1.29, 1.82) is 0 Å². The Bertz CT molecular complexity index is 1080. The average molecular weight is 528 g/mol. The first kappa shape index (κ1) is 27.2. The molecule has 0 spiro atoms. The van der Waals surface area contributed by atoms with Crippen LogP contribution in [-0.4, -0.2) is 25.6 Å². The van der Waals surface area contributed by atoms with Crippen molar-refractivity contribution < 1.29 is 18.3 Å². The topological polar surface area (TPSA) is 56.8 Å². The van der Waals surface area contributed by atoms with Gasteiger partial charge in [0, 0.05) is 18.4 Å². The lowest BCUT2D eigenvalue weighted by Crippen LogP contribution is -2.59. The molecule has 5 rings (SSSR count). The van der Waals surface area contributed by atoms with Crippen LogP contribution in [0.1, 0.15) is 78.2 Å². The zero-order valence-corrected chi connectivity index (χ0v) is 24.3. The first-order valence-electron chi connectivity index (χ1n) is 14.4. The predicted octanol–water partition coefficient (Wildman–Crippen LogP) is 7.84. The normalized spacial score (nSPS) is 37.2. The lowest BCUT2D eigenvalue weighted by atomic mass is 9.48. The van der Waals surface area contributed by atoms with E-state index in [1.807, 2.05) is 19.9 Å². The molecule has 1 N–H and O–H groups in total. The zero-order chi connectivity index (χ0) is 26.3. The molecular formula is C31H46NO4P. The summed E-state index contributed by atoms with van der Waals surface area (Å²) in [6.07, 6.45) is 12.1. The number of benzene rings is 1. The SMILES string of the molecule is CCOP(=O)(OCC)C1(NCc2ccccc2)CC[C@H]2[C@@H]3CC=C4C=C(OC)CC[C@]4(C)[C@H]3CC[C@@]21C. The molecule has 0 radical (unpaired) electrons. The van der Waals surface area contributed by atoms with Crippen LogP contribution in [0, 0.1) is 28.6 Å². The highest BCUT2D eigenvalue weighted by molar-refractivity contribution is 7.55. The molecule has 4 aliphatic carbocycles. The van der Waals surface area contributed by atoms with Gasteiger partial charge in [-0.3, -0.25) is 9.88 Å². The summed E-state index contributed by atoms with van der Waals surface area (Å²) in [4.78, 5) is 0. The van der Waals surface area contributed by atoms with Gasteiger partial charge in [0.2, 0.25) is 0 Å². The maximum Gasteiger partial charge on any atom is 0.351 e. The van der Waals surface area contributed by atoms with E-state index in [1.54, 1.807) is 7.11 Å². The van der Waals surface area contributed by atoms with Gasteiger partial charge in [0.15, 0.2) is 0 Å². The highest BCUT2D eigenvalue weighted by atomic mass is 31.2. The first-order valence-corrected chi connectivity index (χ1v) is 15.9. The Kier molecular flexibility index (Phi) is 7.57. The van der Waals surface area contributed by atoms with E-state index in [4.69, 9.17) is 13.8 Å². The summed E-state index contributed by atoms with van der Waals surface area (Å²) in [6, 6.07) is 10.5. The number of hydrogen-bond donors (Lipinski definition) is 1. The minimum Gasteiger partial charge on any atom is -0.501 e. The van der Waals surface area contributed by atoms with E-state index in [1.165, 1.54) is 11.1 Å². The van der Waals surface area contributed by atoms with Crippen LogP contribution in [0.4, 0.5) is 0 Å². The molecule has 1 aromatic rings. The Balaban J connectivity index is 1.53. The van der Waals surface area contributed by atoms with Crippen molar-refractivity contribution in [2.45, 2.75) is 84.5 Å². The van der Waals surface area contributed by atoms with Crippen molar-refractivity contribution in [2.24, 2.45) is 28.6 Å². The van der Waals surface area contributed by atoms with Crippen molar-refractivity contribution in [3.05, 3.63) is 59.4 Å². The fraction of sp³-hybridized carbons (Fsp3) is 0.677. The zero-order valence-electron chi connectivity index (χ0n) is 23.4. The molecule has 0 amide bonds. The van der Waals surface area contributed by atoms with Gasteiger partial charge in [0.25, 0.3) is 0 Å². The minimum absolute atomic E-state index is 0.174. The van der Waals surface area contributed by atoms with Crippen molar-refractivity contribution in [1.82, 2.24) is 5.32 Å². The van der Waals surface area contributed by atoms with Crippen LogP contribution in [-0.2, 0) is 24.9 Å². The summed E-state index contributed by atoms with van der Waals surface area (Å²) < 4.78 is 32.8. The van der Waals surface area contributed by atoms with E-state index in [-0.39, 0.29) is 10.8 Å². The molecule has 5 nitrogen and oxygen atoms in total. The van der Waals surface area contributed by atoms with Gasteiger partial charge in [-0.15, -0.1) is 0 Å². The monoisotopic (exact) mass is 527 g/mol. The highest BCUT2D eigenvalue weighted by Gasteiger charge is 2.70. The smallest absolute Gasteiger partial charge is 0.351 e. The third-order valence-corrected chi connectivity index (χ3v) is 13.7. The maximum atomic E-state index is 14.8. The van der Waals surface area contributed by atoms with Gasteiger partial charge < -0.3 is 13.8 Å². The second-order valence-electron chi connectivity index (χ2n) is 12.0. The molecule has 4 aliphatic rings. The number of ether oxygens (including phenoxy) is 1. The first-order chi connectivity index (χ1) is 17.8. The van der Waals surface area contributed by atoms with Gasteiger partial charge in [-0.1, -0.05) is 50.3 Å². The Morgan fingerprint density at radius 3 is 2.38 bits per heavy atom. The molecule has 0 heterocycles. The quantitative estimate of drug-likeness (QED) is 0.332. The minimum atomic E-state index is -3.45. The largest absolute Gasteiger partial charge is 0.501 e. The fourth-order valence-corrected chi connectivity index (χ4v) is 11.5. The summed E-state index contributed by atoms with van der Waals surface area (Å²) in [5, 5.41) is 3.19. The van der Waals surface area contributed by atoms with Gasteiger partial charge in [0.1, 0.15) is 5.28 Å². The Hall–Kier alpha value is -1.39. The molecule has 1 aromatic carbocycles. The van der Waals surface area contributed by atoms with Crippen LogP contribution in [0.25, 0.3) is 0 Å². The van der Waals surface area contributed by atoms with E-state index in [0.29, 0.717) is 37.5 Å². The third-order valence-electron chi connectivity index (χ3n) is 10.6. The van der Waals surface area contributed by atoms with Crippen LogP contribution in [0.5, 0.6) is 0 Å². The van der Waals surface area contributed by atoms with E-state index < -0.39 is 12.9 Å². The van der Waals surface area contributed by atoms with Crippen molar-refractivity contribution in [2.75, 3.05) is 20.3 Å². The second-order valence-corrected chi connectivity index (χ2v) is 14.3. The Morgan fingerprint density at radius 2 is 1.70 bits per heavy atom. The highest BCUT2D eigenvalue weighted by Crippen LogP contribution is 2.77. The molecule has 0 aliphatic heterocycles. The lowest BCUT2D eigenvalue weighted by molar-refractivity contribution is -0.0423. The molecular weight excluding hydrogens is 481 g/mol. The van der Waals surface area contributed by atoms with Gasteiger partial charge >= 0.3 is 7.60 Å². The van der Waals surface area contributed by atoms with Gasteiger partial charge in [-0.25, -0.2) is 0 Å². The third kappa shape index (κ3) is 4.20. The molecule has 6 heteroatoms. The summed E-state index contributed by atoms with van der Waals surface area (Å²) >= 11 is 0. The number of hydrogen-bond acceptors (Lipinski definition) is 5. The predicted molar refractivity (Wildman–Crippen MR) is 149 cm³/mol. The molecule has 1 unspecified atom stereocenters. The number of fused-ring (bicyclic) bond motifs is 5. The van der Waals surface area contributed by atoms with E-state index in [9.17, 15) is 4.57 Å². The summed E-state index contributed by atoms with van der Waals surface area (Å²) in [5.74, 6) is 2.82. The van der Waals surface area contributed by atoms with E-state index in [0.717, 1.165) is 50.7 Å². The summed E-state index contributed by atoms with van der Waals surface area (Å²) in [7, 11) is -1.65. The lowest BCUT2D eigenvalue weighted by Gasteiger charge is -2.59. The van der Waals surface area contributed by atoms with Gasteiger partial charge in [0.05, 0.1) is 26.1 Å². The number of nitrogens with one attached hydrogen (secondary N) is 1. The molecule has 6 atom stereocenters. The number of rotatable bonds is 9. The number of methoxy groups -OCH3 is 1.